The fraction of sp³-hybridized carbons (Fsp3) is 0.409. The predicted molar refractivity (Wildman–Crippen MR) is 133 cm³/mol. The monoisotopic (exact) mass is 531 g/mol. The first-order chi connectivity index (χ1) is 16.0. The zero-order valence-electron chi connectivity index (χ0n) is 19.8. The molecule has 9 nitrogen and oxygen atoms in total. The fourth-order valence-corrected chi connectivity index (χ4v) is 6.84. The molecule has 2 aromatic rings. The minimum absolute atomic E-state index is 0.00616. The summed E-state index contributed by atoms with van der Waals surface area (Å²) in [5.74, 6) is -0.403. The van der Waals surface area contributed by atoms with Gasteiger partial charge in [0, 0.05) is 31.7 Å². The van der Waals surface area contributed by atoms with Gasteiger partial charge in [0.25, 0.3) is 5.91 Å². The second-order valence-electron chi connectivity index (χ2n) is 7.14. The van der Waals surface area contributed by atoms with Gasteiger partial charge in [-0.15, -0.1) is 0 Å². The van der Waals surface area contributed by atoms with Crippen LogP contribution in [0.1, 0.15) is 38.1 Å². The first-order valence-corrected chi connectivity index (χ1v) is 14.0. The molecule has 2 aromatic carbocycles. The summed E-state index contributed by atoms with van der Waals surface area (Å²) in [4.78, 5) is 12.8. The van der Waals surface area contributed by atoms with E-state index in [2.05, 4.69) is 5.32 Å². The smallest absolute Gasteiger partial charge is 0.255 e. The van der Waals surface area contributed by atoms with E-state index in [0.29, 0.717) is 13.1 Å². The number of hydrogen-bond donors (Lipinski definition) is 1. The summed E-state index contributed by atoms with van der Waals surface area (Å²) in [6.07, 6.45) is 0. The quantitative estimate of drug-likeness (QED) is 0.473. The zero-order valence-corrected chi connectivity index (χ0v) is 22.2. The zero-order chi connectivity index (χ0) is 25.7. The number of carbonyl (C=O) groups is 1. The van der Waals surface area contributed by atoms with Crippen molar-refractivity contribution >= 4 is 43.2 Å². The number of nitrogens with zero attached hydrogens (tertiary/aromatic N) is 2. The number of anilines is 1. The van der Waals surface area contributed by atoms with Gasteiger partial charge in [-0.2, -0.15) is 8.61 Å². The first-order valence-electron chi connectivity index (χ1n) is 10.8. The molecule has 0 saturated carbocycles. The lowest BCUT2D eigenvalue weighted by atomic mass is 10.2. The number of sulfonamides is 2. The van der Waals surface area contributed by atoms with Crippen LogP contribution >= 0.6 is 11.6 Å². The highest BCUT2D eigenvalue weighted by atomic mass is 35.5. The van der Waals surface area contributed by atoms with Crippen LogP contribution in [0.3, 0.4) is 0 Å². The molecule has 34 heavy (non-hydrogen) atoms. The minimum Gasteiger partial charge on any atom is -0.495 e. The molecule has 0 bridgehead atoms. The SMILES string of the molecule is CCN(CC)S(=O)(=O)c1ccc(OC)c(NC(=O)c2ccc(Cl)c(S(=O)(=O)N(CC)CC)c2)c1. The van der Waals surface area contributed by atoms with E-state index in [-0.39, 0.29) is 44.9 Å². The Morgan fingerprint density at radius 1 is 0.882 bits per heavy atom. The second-order valence-corrected chi connectivity index (χ2v) is 11.4. The highest BCUT2D eigenvalue weighted by Gasteiger charge is 2.27. The van der Waals surface area contributed by atoms with E-state index in [9.17, 15) is 21.6 Å². The number of ether oxygens (including phenoxy) is 1. The topological polar surface area (TPSA) is 113 Å². The number of amides is 1. The van der Waals surface area contributed by atoms with E-state index in [1.54, 1.807) is 27.7 Å². The molecule has 188 valence electrons. The molecule has 0 radical (unpaired) electrons. The molecular formula is C22H30ClN3O6S2. The maximum atomic E-state index is 13.0. The lowest BCUT2D eigenvalue weighted by Gasteiger charge is -2.20. The molecule has 0 heterocycles. The lowest BCUT2D eigenvalue weighted by Crippen LogP contribution is -2.31. The van der Waals surface area contributed by atoms with Crippen LogP contribution in [0.25, 0.3) is 0 Å². The van der Waals surface area contributed by atoms with Crippen molar-refractivity contribution in [2.24, 2.45) is 0 Å². The predicted octanol–water partition coefficient (Wildman–Crippen LogP) is 3.66. The Balaban J connectivity index is 2.48. The van der Waals surface area contributed by atoms with Gasteiger partial charge in [-0.25, -0.2) is 16.8 Å². The molecule has 2 rings (SSSR count). The molecule has 0 aliphatic heterocycles. The standard InChI is InChI=1S/C22H30ClN3O6S2/c1-6-25(7-2)33(28,29)17-11-13-20(32-5)19(15-17)24-22(27)16-10-12-18(23)21(14-16)34(30,31)26(8-3)9-4/h10-15H,6-9H2,1-5H3,(H,24,27). The Kier molecular flexibility index (Phi) is 9.49. The molecule has 1 amide bonds. The average Bonchev–Trinajstić information content (AvgIpc) is 2.80. The van der Waals surface area contributed by atoms with E-state index in [0.717, 1.165) is 0 Å². The van der Waals surface area contributed by atoms with Crippen molar-refractivity contribution in [2.45, 2.75) is 37.5 Å². The second kappa shape index (κ2) is 11.5. The van der Waals surface area contributed by atoms with Crippen molar-refractivity contribution in [3.63, 3.8) is 0 Å². The Morgan fingerprint density at radius 3 is 1.97 bits per heavy atom. The van der Waals surface area contributed by atoms with E-state index >= 15 is 0 Å². The van der Waals surface area contributed by atoms with E-state index in [4.69, 9.17) is 16.3 Å². The van der Waals surface area contributed by atoms with Crippen LogP contribution in [0.4, 0.5) is 5.69 Å². The highest BCUT2D eigenvalue weighted by molar-refractivity contribution is 7.89. The van der Waals surface area contributed by atoms with E-state index in [1.807, 2.05) is 0 Å². The van der Waals surface area contributed by atoms with Crippen molar-refractivity contribution in [1.82, 2.24) is 8.61 Å². The summed E-state index contributed by atoms with van der Waals surface area (Å²) in [6.45, 7) is 7.96. The fourth-order valence-electron chi connectivity index (χ4n) is 3.40. The Labute approximate surface area is 206 Å². The van der Waals surface area contributed by atoms with Crippen molar-refractivity contribution < 1.29 is 26.4 Å². The Hall–Kier alpha value is -2.18. The molecule has 12 heteroatoms. The van der Waals surface area contributed by atoms with Gasteiger partial charge >= 0.3 is 0 Å². The molecule has 0 aromatic heterocycles. The first kappa shape index (κ1) is 28.1. The summed E-state index contributed by atoms with van der Waals surface area (Å²) in [5.41, 5.74) is 0.165. The van der Waals surface area contributed by atoms with Crippen LogP contribution in [-0.2, 0) is 20.0 Å². The highest BCUT2D eigenvalue weighted by Crippen LogP contribution is 2.30. The maximum Gasteiger partial charge on any atom is 0.255 e. The van der Waals surface area contributed by atoms with Gasteiger partial charge in [0.1, 0.15) is 10.6 Å². The molecule has 0 saturated heterocycles. The van der Waals surface area contributed by atoms with Gasteiger partial charge in [0.05, 0.1) is 22.7 Å². The summed E-state index contributed by atoms with van der Waals surface area (Å²) >= 11 is 6.15. The number of benzene rings is 2. The van der Waals surface area contributed by atoms with Crippen LogP contribution in [0, 0.1) is 0 Å². The van der Waals surface area contributed by atoms with Crippen LogP contribution < -0.4 is 10.1 Å². The van der Waals surface area contributed by atoms with Gasteiger partial charge in [-0.05, 0) is 36.4 Å². The van der Waals surface area contributed by atoms with Crippen LogP contribution in [0.15, 0.2) is 46.2 Å². The molecule has 1 N–H and O–H groups in total. The number of halogens is 1. The average molecular weight is 532 g/mol. The molecular weight excluding hydrogens is 502 g/mol. The molecule has 0 spiro atoms. The summed E-state index contributed by atoms with van der Waals surface area (Å²) in [5, 5.41) is 2.62. The van der Waals surface area contributed by atoms with Crippen LogP contribution in [0.2, 0.25) is 5.02 Å². The largest absolute Gasteiger partial charge is 0.495 e. The van der Waals surface area contributed by atoms with Gasteiger partial charge in [0.15, 0.2) is 0 Å². The van der Waals surface area contributed by atoms with Crippen molar-refractivity contribution in [2.75, 3.05) is 38.6 Å². The number of methoxy groups -OCH3 is 1. The number of carbonyl (C=O) groups excluding carboxylic acids is 1. The summed E-state index contributed by atoms with van der Waals surface area (Å²) in [7, 11) is -6.29. The van der Waals surface area contributed by atoms with Crippen LogP contribution in [-0.4, -0.2) is 64.6 Å². The minimum atomic E-state index is -3.90. The number of nitrogens with one attached hydrogen (secondary N) is 1. The van der Waals surface area contributed by atoms with E-state index in [1.165, 1.54) is 52.1 Å². The maximum absolute atomic E-state index is 13.0. The van der Waals surface area contributed by atoms with E-state index < -0.39 is 26.0 Å². The third kappa shape index (κ3) is 5.72. The number of rotatable bonds is 11. The molecule has 0 aliphatic rings. The third-order valence-corrected chi connectivity index (χ3v) is 9.86. The van der Waals surface area contributed by atoms with Gasteiger partial charge in [0.2, 0.25) is 20.0 Å². The number of hydrogen-bond acceptors (Lipinski definition) is 6. The normalized spacial score (nSPS) is 12.2. The van der Waals surface area contributed by atoms with Crippen molar-refractivity contribution in [3.8, 4) is 5.75 Å². The van der Waals surface area contributed by atoms with Crippen LogP contribution in [0.5, 0.6) is 5.75 Å². The third-order valence-electron chi connectivity index (χ3n) is 5.28. The molecule has 0 unspecified atom stereocenters. The summed E-state index contributed by atoms with van der Waals surface area (Å²) in [6, 6.07) is 8.10. The van der Waals surface area contributed by atoms with Crippen molar-refractivity contribution in [3.05, 3.63) is 47.0 Å². The lowest BCUT2D eigenvalue weighted by molar-refractivity contribution is 0.102. The van der Waals surface area contributed by atoms with Gasteiger partial charge in [-0.1, -0.05) is 39.3 Å². The summed E-state index contributed by atoms with van der Waals surface area (Å²) < 4.78 is 59.5. The molecule has 0 fully saturated rings. The molecule has 0 atom stereocenters. The van der Waals surface area contributed by atoms with Crippen molar-refractivity contribution in [1.29, 1.82) is 0 Å². The van der Waals surface area contributed by atoms with Gasteiger partial charge in [-0.3, -0.25) is 4.79 Å². The Bertz CT molecular complexity index is 1240. The van der Waals surface area contributed by atoms with Gasteiger partial charge < -0.3 is 10.1 Å². The molecule has 0 aliphatic carbocycles. The Morgan fingerprint density at radius 2 is 1.44 bits per heavy atom.